The molecule has 0 saturated heterocycles. The third-order valence-electron chi connectivity index (χ3n) is 1.78. The first-order chi connectivity index (χ1) is 7.15. The van der Waals surface area contributed by atoms with Crippen molar-refractivity contribution >= 4 is 17.3 Å². The van der Waals surface area contributed by atoms with E-state index in [4.69, 9.17) is 17.1 Å². The Bertz CT molecular complexity index is 429. The minimum Gasteiger partial charge on any atom is -0.258 e. The lowest BCUT2D eigenvalue weighted by atomic mass is 10.1. The lowest BCUT2D eigenvalue weighted by molar-refractivity contribution is -0.384. The van der Waals surface area contributed by atoms with Gasteiger partial charge in [-0.05, 0) is 23.6 Å². The van der Waals surface area contributed by atoms with Crippen molar-refractivity contribution in [2.45, 2.75) is 6.42 Å². The molecule has 6 nitrogen and oxygen atoms in total. The molecule has 0 radical (unpaired) electrons. The van der Waals surface area contributed by atoms with Crippen LogP contribution in [0.15, 0.2) is 23.3 Å². The van der Waals surface area contributed by atoms with E-state index in [9.17, 15) is 10.1 Å². The highest BCUT2D eigenvalue weighted by molar-refractivity contribution is 6.31. The van der Waals surface area contributed by atoms with E-state index in [1.54, 1.807) is 0 Å². The fraction of sp³-hybridized carbons (Fsp3) is 0.250. The number of nitrogens with zero attached hydrogens (tertiary/aromatic N) is 4. The first kappa shape index (κ1) is 11.3. The quantitative estimate of drug-likeness (QED) is 0.259. The van der Waals surface area contributed by atoms with Gasteiger partial charge in [0.05, 0.1) is 4.92 Å². The van der Waals surface area contributed by atoms with Gasteiger partial charge in [-0.3, -0.25) is 10.1 Å². The molecule has 0 aliphatic carbocycles. The van der Waals surface area contributed by atoms with Crippen LogP contribution in [0.2, 0.25) is 5.02 Å². The van der Waals surface area contributed by atoms with Gasteiger partial charge in [0.1, 0.15) is 0 Å². The minimum absolute atomic E-state index is 0.0182. The van der Waals surface area contributed by atoms with Gasteiger partial charge in [-0.1, -0.05) is 16.7 Å². The molecule has 0 amide bonds. The van der Waals surface area contributed by atoms with Gasteiger partial charge in [0, 0.05) is 28.6 Å². The van der Waals surface area contributed by atoms with Crippen LogP contribution in [-0.2, 0) is 6.42 Å². The standard InChI is InChI=1S/C8H7ClN4O2/c9-8-2-1-7(13(14)15)5-6(8)3-4-11-12-10/h1-2,5H,3-4H2. The van der Waals surface area contributed by atoms with Crippen molar-refractivity contribution in [1.82, 2.24) is 0 Å². The number of nitro groups is 1. The maximum absolute atomic E-state index is 10.5. The van der Waals surface area contributed by atoms with Gasteiger partial charge >= 0.3 is 0 Å². The number of hydrogen-bond acceptors (Lipinski definition) is 3. The van der Waals surface area contributed by atoms with Crippen molar-refractivity contribution in [2.75, 3.05) is 6.54 Å². The molecule has 0 heterocycles. The second kappa shape index (κ2) is 5.19. The molecule has 1 rings (SSSR count). The van der Waals surface area contributed by atoms with Crippen LogP contribution in [0.1, 0.15) is 5.56 Å². The van der Waals surface area contributed by atoms with E-state index in [1.807, 2.05) is 0 Å². The summed E-state index contributed by atoms with van der Waals surface area (Å²) in [7, 11) is 0. The van der Waals surface area contributed by atoms with E-state index in [2.05, 4.69) is 10.0 Å². The summed E-state index contributed by atoms with van der Waals surface area (Å²) < 4.78 is 0. The van der Waals surface area contributed by atoms with Crippen LogP contribution in [0.25, 0.3) is 10.4 Å². The number of halogens is 1. The van der Waals surface area contributed by atoms with Crippen LogP contribution in [0, 0.1) is 10.1 Å². The summed E-state index contributed by atoms with van der Waals surface area (Å²) in [6.45, 7) is 0.234. The molecule has 0 N–H and O–H groups in total. The number of hydrogen-bond donors (Lipinski definition) is 0. The molecule has 1 aromatic carbocycles. The third kappa shape index (κ3) is 3.12. The molecule has 0 fully saturated rings. The van der Waals surface area contributed by atoms with Crippen molar-refractivity contribution in [3.63, 3.8) is 0 Å². The monoisotopic (exact) mass is 226 g/mol. The van der Waals surface area contributed by atoms with E-state index in [1.165, 1.54) is 18.2 Å². The summed E-state index contributed by atoms with van der Waals surface area (Å²) in [6.07, 6.45) is 0.393. The average molecular weight is 227 g/mol. The number of non-ortho nitro benzene ring substituents is 1. The van der Waals surface area contributed by atoms with Gasteiger partial charge in [-0.2, -0.15) is 0 Å². The summed E-state index contributed by atoms with van der Waals surface area (Å²) in [5, 5.41) is 14.2. The molecule has 0 aliphatic rings. The zero-order valence-electron chi connectivity index (χ0n) is 7.63. The Morgan fingerprint density at radius 3 is 2.93 bits per heavy atom. The lowest BCUT2D eigenvalue weighted by Gasteiger charge is -2.01. The van der Waals surface area contributed by atoms with Gasteiger partial charge < -0.3 is 0 Å². The number of benzene rings is 1. The number of azide groups is 1. The van der Waals surface area contributed by atoms with E-state index >= 15 is 0 Å². The topological polar surface area (TPSA) is 91.9 Å². The smallest absolute Gasteiger partial charge is 0.258 e. The summed E-state index contributed by atoms with van der Waals surface area (Å²) in [5.41, 5.74) is 8.66. The first-order valence-corrected chi connectivity index (χ1v) is 4.46. The van der Waals surface area contributed by atoms with E-state index in [0.717, 1.165) is 0 Å². The zero-order valence-corrected chi connectivity index (χ0v) is 8.39. The molecule has 0 aromatic heterocycles. The van der Waals surface area contributed by atoms with Gasteiger partial charge in [0.15, 0.2) is 0 Å². The van der Waals surface area contributed by atoms with E-state index < -0.39 is 4.92 Å². The summed E-state index contributed by atoms with van der Waals surface area (Å²) in [6, 6.07) is 4.18. The number of nitro benzene ring substituents is 1. The molecule has 0 aliphatic heterocycles. The molecular formula is C8H7ClN4O2. The van der Waals surface area contributed by atoms with Crippen molar-refractivity contribution in [2.24, 2.45) is 5.11 Å². The number of rotatable bonds is 4. The Hall–Kier alpha value is -1.78. The van der Waals surface area contributed by atoms with E-state index in [-0.39, 0.29) is 12.2 Å². The molecule has 78 valence electrons. The first-order valence-electron chi connectivity index (χ1n) is 4.09. The normalized spacial score (nSPS) is 9.40. The maximum atomic E-state index is 10.5. The van der Waals surface area contributed by atoms with E-state index in [0.29, 0.717) is 17.0 Å². The molecule has 7 heteroatoms. The van der Waals surface area contributed by atoms with Crippen LogP contribution in [-0.4, -0.2) is 11.5 Å². The van der Waals surface area contributed by atoms with Crippen LogP contribution in [0.5, 0.6) is 0 Å². The lowest BCUT2D eigenvalue weighted by Crippen LogP contribution is -1.93. The molecule has 0 spiro atoms. The fourth-order valence-electron chi connectivity index (χ4n) is 1.08. The Balaban J connectivity index is 2.89. The van der Waals surface area contributed by atoms with Crippen molar-refractivity contribution in [3.8, 4) is 0 Å². The second-order valence-corrected chi connectivity index (χ2v) is 3.14. The Morgan fingerprint density at radius 2 is 2.33 bits per heavy atom. The zero-order chi connectivity index (χ0) is 11.3. The van der Waals surface area contributed by atoms with Gasteiger partial charge in [-0.15, -0.1) is 0 Å². The van der Waals surface area contributed by atoms with Crippen molar-refractivity contribution in [3.05, 3.63) is 49.3 Å². The highest BCUT2D eigenvalue weighted by atomic mass is 35.5. The molecule has 0 atom stereocenters. The van der Waals surface area contributed by atoms with Crippen LogP contribution in [0.4, 0.5) is 5.69 Å². The third-order valence-corrected chi connectivity index (χ3v) is 2.15. The predicted molar refractivity (Wildman–Crippen MR) is 55.8 cm³/mol. The largest absolute Gasteiger partial charge is 0.269 e. The fourth-order valence-corrected chi connectivity index (χ4v) is 1.29. The van der Waals surface area contributed by atoms with Crippen molar-refractivity contribution < 1.29 is 4.92 Å². The summed E-state index contributed by atoms with van der Waals surface area (Å²) in [4.78, 5) is 12.6. The summed E-state index contributed by atoms with van der Waals surface area (Å²) >= 11 is 5.82. The molecule has 0 bridgehead atoms. The Labute approximate surface area is 90.3 Å². The van der Waals surface area contributed by atoms with Crippen LogP contribution < -0.4 is 0 Å². The van der Waals surface area contributed by atoms with Gasteiger partial charge in [-0.25, -0.2) is 0 Å². The van der Waals surface area contributed by atoms with Crippen LogP contribution in [0.3, 0.4) is 0 Å². The molecule has 0 unspecified atom stereocenters. The van der Waals surface area contributed by atoms with Crippen molar-refractivity contribution in [1.29, 1.82) is 0 Å². The molecule has 0 saturated carbocycles. The molecular weight excluding hydrogens is 220 g/mol. The second-order valence-electron chi connectivity index (χ2n) is 2.74. The Morgan fingerprint density at radius 1 is 1.60 bits per heavy atom. The molecule has 1 aromatic rings. The predicted octanol–water partition coefficient (Wildman–Crippen LogP) is 3.10. The van der Waals surface area contributed by atoms with Gasteiger partial charge in [0.2, 0.25) is 0 Å². The van der Waals surface area contributed by atoms with Gasteiger partial charge in [0.25, 0.3) is 5.69 Å². The average Bonchev–Trinajstić information content (AvgIpc) is 2.20. The highest BCUT2D eigenvalue weighted by Crippen LogP contribution is 2.22. The SMILES string of the molecule is [N-]=[N+]=NCCc1cc([N+](=O)[O-])ccc1Cl. The van der Waals surface area contributed by atoms with Crippen LogP contribution >= 0.6 is 11.6 Å². The minimum atomic E-state index is -0.493. The molecule has 15 heavy (non-hydrogen) atoms. The maximum Gasteiger partial charge on any atom is 0.269 e. The summed E-state index contributed by atoms with van der Waals surface area (Å²) in [5.74, 6) is 0. The highest BCUT2D eigenvalue weighted by Gasteiger charge is 2.08. The Kier molecular flexibility index (Phi) is 3.91.